The molecular weight excluding hydrogens is 289 g/mol. The summed E-state index contributed by atoms with van der Waals surface area (Å²) in [7, 11) is 0. The highest BCUT2D eigenvalue weighted by Gasteiger charge is 2.31. The second-order valence-electron chi connectivity index (χ2n) is 5.80. The van der Waals surface area contributed by atoms with Gasteiger partial charge in [-0.2, -0.15) is 13.2 Å². The summed E-state index contributed by atoms with van der Waals surface area (Å²) in [5.41, 5.74) is 0.560. The molecule has 1 rings (SSSR count). The maximum Gasteiger partial charge on any atom is 0.401 e. The Bertz CT molecular complexity index is 412. The van der Waals surface area contributed by atoms with Gasteiger partial charge in [0.25, 0.3) is 0 Å². The van der Waals surface area contributed by atoms with Gasteiger partial charge < -0.3 is 5.11 Å². The predicted molar refractivity (Wildman–Crippen MR) is 73.8 cm³/mol. The van der Waals surface area contributed by atoms with Gasteiger partial charge in [0.05, 0.1) is 17.2 Å². The number of rotatable bonds is 6. The van der Waals surface area contributed by atoms with Crippen molar-refractivity contribution in [3.63, 3.8) is 0 Å². The Hall–Kier alpha value is -0.660. The Morgan fingerprint density at radius 1 is 1.30 bits per heavy atom. The Labute approximate surface area is 121 Å². The zero-order chi connectivity index (χ0) is 15.4. The van der Waals surface area contributed by atoms with Crippen LogP contribution in [0.3, 0.4) is 0 Å². The Morgan fingerprint density at radius 3 is 2.40 bits per heavy atom. The summed E-state index contributed by atoms with van der Waals surface area (Å²) in [5.74, 6) is 0. The van der Waals surface area contributed by atoms with Crippen LogP contribution in [0.4, 0.5) is 13.2 Å². The minimum Gasteiger partial charge on any atom is -0.396 e. The van der Waals surface area contributed by atoms with Crippen molar-refractivity contribution >= 4 is 11.3 Å². The summed E-state index contributed by atoms with van der Waals surface area (Å²) in [6.07, 6.45) is -3.91. The summed E-state index contributed by atoms with van der Waals surface area (Å²) < 4.78 is 37.5. The SMILES string of the molecule is CC(C)(C)c1nc(CN(CCCO)CC(F)(F)F)cs1. The van der Waals surface area contributed by atoms with Crippen LogP contribution in [0, 0.1) is 0 Å². The molecule has 1 heterocycles. The summed E-state index contributed by atoms with van der Waals surface area (Å²) in [6, 6.07) is 0. The van der Waals surface area contributed by atoms with Crippen molar-refractivity contribution in [3.05, 3.63) is 16.1 Å². The number of halogens is 3. The van der Waals surface area contributed by atoms with E-state index in [2.05, 4.69) is 4.98 Å². The van der Waals surface area contributed by atoms with Crippen LogP contribution < -0.4 is 0 Å². The lowest BCUT2D eigenvalue weighted by molar-refractivity contribution is -0.147. The fraction of sp³-hybridized carbons (Fsp3) is 0.769. The minimum atomic E-state index is -4.24. The molecule has 3 nitrogen and oxygen atoms in total. The number of aromatic nitrogens is 1. The maximum atomic E-state index is 12.5. The van der Waals surface area contributed by atoms with E-state index in [1.165, 1.54) is 16.2 Å². The molecule has 1 N–H and O–H groups in total. The van der Waals surface area contributed by atoms with E-state index in [1.54, 1.807) is 0 Å². The first-order valence-electron chi connectivity index (χ1n) is 6.46. The molecule has 0 aliphatic heterocycles. The van der Waals surface area contributed by atoms with E-state index in [9.17, 15) is 13.2 Å². The molecule has 0 amide bonds. The summed E-state index contributed by atoms with van der Waals surface area (Å²) in [6.45, 7) is 5.34. The molecule has 0 aliphatic rings. The number of hydrogen-bond donors (Lipinski definition) is 1. The lowest BCUT2D eigenvalue weighted by atomic mass is 9.98. The van der Waals surface area contributed by atoms with Crippen LogP contribution in [-0.4, -0.2) is 40.9 Å². The van der Waals surface area contributed by atoms with E-state index in [1.807, 2.05) is 26.2 Å². The van der Waals surface area contributed by atoms with E-state index in [4.69, 9.17) is 5.11 Å². The van der Waals surface area contributed by atoms with Crippen LogP contribution in [0.15, 0.2) is 5.38 Å². The van der Waals surface area contributed by atoms with Crippen molar-refractivity contribution in [2.45, 2.75) is 45.3 Å². The largest absolute Gasteiger partial charge is 0.401 e. The average molecular weight is 310 g/mol. The minimum absolute atomic E-state index is 0.0944. The molecule has 116 valence electrons. The maximum absolute atomic E-state index is 12.5. The third-order valence-corrected chi connectivity index (χ3v) is 3.93. The molecule has 7 heteroatoms. The van der Waals surface area contributed by atoms with Gasteiger partial charge in [-0.15, -0.1) is 11.3 Å². The van der Waals surface area contributed by atoms with Crippen molar-refractivity contribution < 1.29 is 18.3 Å². The highest BCUT2D eigenvalue weighted by atomic mass is 32.1. The fourth-order valence-corrected chi connectivity index (χ4v) is 2.61. The molecular formula is C13H21F3N2OS. The highest BCUT2D eigenvalue weighted by Crippen LogP contribution is 2.26. The molecule has 0 spiro atoms. The van der Waals surface area contributed by atoms with Crippen molar-refractivity contribution in [1.29, 1.82) is 0 Å². The number of hydrogen-bond acceptors (Lipinski definition) is 4. The fourth-order valence-electron chi connectivity index (χ4n) is 1.72. The molecule has 0 radical (unpaired) electrons. The van der Waals surface area contributed by atoms with Gasteiger partial charge in [0.15, 0.2) is 0 Å². The molecule has 0 aliphatic carbocycles. The van der Waals surface area contributed by atoms with E-state index in [0.29, 0.717) is 12.1 Å². The number of alkyl halides is 3. The van der Waals surface area contributed by atoms with Gasteiger partial charge in [0.2, 0.25) is 0 Å². The highest BCUT2D eigenvalue weighted by molar-refractivity contribution is 7.09. The normalized spacial score (nSPS) is 13.2. The van der Waals surface area contributed by atoms with Crippen molar-refractivity contribution in [1.82, 2.24) is 9.88 Å². The Kier molecular flexibility index (Phi) is 5.97. The van der Waals surface area contributed by atoms with Gasteiger partial charge in [0.1, 0.15) is 0 Å². The molecule has 0 aromatic carbocycles. The van der Waals surface area contributed by atoms with E-state index >= 15 is 0 Å². The van der Waals surface area contributed by atoms with Gasteiger partial charge in [-0.3, -0.25) is 4.90 Å². The zero-order valence-electron chi connectivity index (χ0n) is 12.0. The van der Waals surface area contributed by atoms with Crippen LogP contribution in [0.5, 0.6) is 0 Å². The van der Waals surface area contributed by atoms with Crippen molar-refractivity contribution in [2.24, 2.45) is 0 Å². The third kappa shape index (κ3) is 6.19. The molecule has 1 aromatic rings. The molecule has 0 fully saturated rings. The van der Waals surface area contributed by atoms with Gasteiger partial charge >= 0.3 is 6.18 Å². The molecule has 20 heavy (non-hydrogen) atoms. The first kappa shape index (κ1) is 17.4. The monoisotopic (exact) mass is 310 g/mol. The quantitative estimate of drug-likeness (QED) is 0.876. The number of aliphatic hydroxyl groups is 1. The molecule has 0 saturated carbocycles. The van der Waals surface area contributed by atoms with Crippen LogP contribution in [0.1, 0.15) is 37.9 Å². The first-order chi connectivity index (χ1) is 9.12. The molecule has 0 atom stereocenters. The third-order valence-electron chi connectivity index (χ3n) is 2.61. The smallest absolute Gasteiger partial charge is 0.396 e. The summed E-state index contributed by atoms with van der Waals surface area (Å²) in [4.78, 5) is 5.68. The Morgan fingerprint density at radius 2 is 1.95 bits per heavy atom. The molecule has 0 unspecified atom stereocenters. The number of nitrogens with zero attached hydrogens (tertiary/aromatic N) is 2. The standard InChI is InChI=1S/C13H21F3N2OS/c1-12(2,3)11-17-10(8-20-11)7-18(5-4-6-19)9-13(14,15)16/h8,19H,4-7,9H2,1-3H3. The number of thiazole rings is 1. The van der Waals surface area contributed by atoms with Crippen LogP contribution in [0.25, 0.3) is 0 Å². The van der Waals surface area contributed by atoms with Crippen molar-refractivity contribution in [2.75, 3.05) is 19.7 Å². The predicted octanol–water partition coefficient (Wildman–Crippen LogP) is 3.19. The summed E-state index contributed by atoms with van der Waals surface area (Å²) >= 11 is 1.47. The summed E-state index contributed by atoms with van der Waals surface area (Å²) in [5, 5.41) is 11.5. The average Bonchev–Trinajstić information content (AvgIpc) is 2.72. The first-order valence-corrected chi connectivity index (χ1v) is 7.34. The van der Waals surface area contributed by atoms with E-state index < -0.39 is 12.7 Å². The van der Waals surface area contributed by atoms with Crippen LogP contribution in [0.2, 0.25) is 0 Å². The van der Waals surface area contributed by atoms with Gasteiger partial charge in [-0.1, -0.05) is 20.8 Å². The van der Waals surface area contributed by atoms with E-state index in [0.717, 1.165) is 5.01 Å². The Balaban J connectivity index is 2.71. The van der Waals surface area contributed by atoms with Crippen LogP contribution >= 0.6 is 11.3 Å². The zero-order valence-corrected chi connectivity index (χ0v) is 12.8. The van der Waals surface area contributed by atoms with Gasteiger partial charge in [-0.05, 0) is 6.42 Å². The van der Waals surface area contributed by atoms with E-state index in [-0.39, 0.29) is 25.1 Å². The van der Waals surface area contributed by atoms with Crippen LogP contribution in [-0.2, 0) is 12.0 Å². The van der Waals surface area contributed by atoms with Gasteiger partial charge in [0, 0.05) is 30.5 Å². The molecule has 0 bridgehead atoms. The second-order valence-corrected chi connectivity index (χ2v) is 6.66. The lowest BCUT2D eigenvalue weighted by Gasteiger charge is -2.22. The van der Waals surface area contributed by atoms with Gasteiger partial charge in [-0.25, -0.2) is 4.98 Å². The molecule has 0 saturated heterocycles. The number of aliphatic hydroxyl groups excluding tert-OH is 1. The second kappa shape index (κ2) is 6.87. The lowest BCUT2D eigenvalue weighted by Crippen LogP contribution is -2.35. The molecule has 1 aromatic heterocycles. The van der Waals surface area contributed by atoms with Crippen molar-refractivity contribution in [3.8, 4) is 0 Å². The topological polar surface area (TPSA) is 36.4 Å².